The first-order valence-corrected chi connectivity index (χ1v) is 11.6. The number of amides is 3. The van der Waals surface area contributed by atoms with Gasteiger partial charge in [0.05, 0.1) is 13.0 Å². The lowest BCUT2D eigenvalue weighted by atomic mass is 10.1. The van der Waals surface area contributed by atoms with E-state index >= 15 is 0 Å². The molecular weight excluding hydrogens is 494 g/mol. The van der Waals surface area contributed by atoms with Crippen molar-refractivity contribution in [2.75, 3.05) is 16.0 Å². The van der Waals surface area contributed by atoms with Crippen LogP contribution in [-0.2, 0) is 17.8 Å². The van der Waals surface area contributed by atoms with Crippen LogP contribution in [0, 0.1) is 11.6 Å². The van der Waals surface area contributed by atoms with Crippen LogP contribution in [0.15, 0.2) is 83.8 Å². The molecule has 0 unspecified atom stereocenters. The normalized spacial score (nSPS) is 12.0. The quantitative estimate of drug-likeness (QED) is 0.359. The molecule has 3 amide bonds. The average Bonchev–Trinajstić information content (AvgIpc) is 3.27. The standard InChI is InChI=1S/C28H20F2N4O4/c29-22-8-6-16(11-23(22)30)15-34-10-2-5-21(28(34)38)27(37)32-19-4-1-3-17(12-19)26(36)31-20-7-9-24-18(13-20)14-25(35)33-24/h1-13H,14-15H2,(H,31,36)(H,32,37)(H,33,35). The SMILES string of the molecule is O=C1Cc2cc(NC(=O)c3cccc(NC(=O)c4cccn(Cc5ccc(F)c(F)c5)c4=O)c3)ccc2N1. The fraction of sp³-hybridized carbons (Fsp3) is 0.0714. The molecule has 0 spiro atoms. The highest BCUT2D eigenvalue weighted by Gasteiger charge is 2.19. The maximum Gasteiger partial charge on any atom is 0.263 e. The Balaban J connectivity index is 1.29. The van der Waals surface area contributed by atoms with Crippen LogP contribution < -0.4 is 21.5 Å². The fourth-order valence-corrected chi connectivity index (χ4v) is 4.12. The summed E-state index contributed by atoms with van der Waals surface area (Å²) < 4.78 is 28.0. The minimum Gasteiger partial charge on any atom is -0.326 e. The Labute approximate surface area is 214 Å². The van der Waals surface area contributed by atoms with Gasteiger partial charge >= 0.3 is 0 Å². The van der Waals surface area contributed by atoms with E-state index in [2.05, 4.69) is 16.0 Å². The minimum absolute atomic E-state index is 0.0558. The summed E-state index contributed by atoms with van der Waals surface area (Å²) in [7, 11) is 0. The molecule has 0 fully saturated rings. The molecule has 38 heavy (non-hydrogen) atoms. The van der Waals surface area contributed by atoms with Crippen LogP contribution in [-0.4, -0.2) is 22.3 Å². The van der Waals surface area contributed by atoms with E-state index in [1.165, 1.54) is 35.0 Å². The molecule has 4 aromatic rings. The van der Waals surface area contributed by atoms with E-state index in [9.17, 15) is 28.0 Å². The Kier molecular flexibility index (Phi) is 6.53. The molecule has 0 bridgehead atoms. The van der Waals surface area contributed by atoms with Crippen LogP contribution in [0.3, 0.4) is 0 Å². The first-order valence-electron chi connectivity index (χ1n) is 11.6. The number of carbonyl (C=O) groups is 3. The average molecular weight is 514 g/mol. The minimum atomic E-state index is -1.03. The summed E-state index contributed by atoms with van der Waals surface area (Å²) in [6.07, 6.45) is 1.68. The summed E-state index contributed by atoms with van der Waals surface area (Å²) >= 11 is 0. The topological polar surface area (TPSA) is 109 Å². The number of aromatic nitrogens is 1. The number of hydrogen-bond donors (Lipinski definition) is 3. The highest BCUT2D eigenvalue weighted by Crippen LogP contribution is 2.26. The van der Waals surface area contributed by atoms with Gasteiger partial charge in [0.2, 0.25) is 5.91 Å². The molecule has 0 saturated heterocycles. The van der Waals surface area contributed by atoms with Crippen LogP contribution in [0.5, 0.6) is 0 Å². The molecule has 1 aliphatic rings. The predicted octanol–water partition coefficient (Wildman–Crippen LogP) is 4.17. The van der Waals surface area contributed by atoms with Gasteiger partial charge in [0.25, 0.3) is 17.4 Å². The van der Waals surface area contributed by atoms with Gasteiger partial charge in [0, 0.05) is 28.8 Å². The van der Waals surface area contributed by atoms with Crippen LogP contribution in [0.2, 0.25) is 0 Å². The lowest BCUT2D eigenvalue weighted by molar-refractivity contribution is -0.115. The molecule has 5 rings (SSSR count). The van der Waals surface area contributed by atoms with E-state index in [0.717, 1.165) is 17.7 Å². The van der Waals surface area contributed by atoms with Crippen molar-refractivity contribution in [2.45, 2.75) is 13.0 Å². The molecule has 0 aliphatic carbocycles. The molecule has 1 aromatic heterocycles. The van der Waals surface area contributed by atoms with Crippen LogP contribution in [0.25, 0.3) is 0 Å². The third kappa shape index (κ3) is 5.19. The zero-order valence-corrected chi connectivity index (χ0v) is 19.8. The van der Waals surface area contributed by atoms with Gasteiger partial charge in [-0.15, -0.1) is 0 Å². The summed E-state index contributed by atoms with van der Waals surface area (Å²) in [5.41, 5.74) is 2.15. The third-order valence-electron chi connectivity index (χ3n) is 5.97. The van der Waals surface area contributed by atoms with Crippen molar-refractivity contribution < 1.29 is 23.2 Å². The lowest BCUT2D eigenvalue weighted by Crippen LogP contribution is -2.29. The lowest BCUT2D eigenvalue weighted by Gasteiger charge is -2.11. The van der Waals surface area contributed by atoms with Crippen LogP contribution in [0.4, 0.5) is 25.8 Å². The van der Waals surface area contributed by atoms with Gasteiger partial charge < -0.3 is 20.5 Å². The maximum atomic E-state index is 13.5. The highest BCUT2D eigenvalue weighted by atomic mass is 19.2. The van der Waals surface area contributed by atoms with E-state index in [4.69, 9.17) is 0 Å². The van der Waals surface area contributed by atoms with Gasteiger partial charge in [-0.3, -0.25) is 19.2 Å². The van der Waals surface area contributed by atoms with E-state index in [1.54, 1.807) is 36.4 Å². The third-order valence-corrected chi connectivity index (χ3v) is 5.97. The van der Waals surface area contributed by atoms with Gasteiger partial charge in [-0.25, -0.2) is 8.78 Å². The largest absolute Gasteiger partial charge is 0.326 e. The Morgan fingerprint density at radius 3 is 2.45 bits per heavy atom. The molecular formula is C28H20F2N4O4. The van der Waals surface area contributed by atoms with Crippen molar-refractivity contribution in [3.8, 4) is 0 Å². The van der Waals surface area contributed by atoms with Gasteiger partial charge in [-0.2, -0.15) is 0 Å². The molecule has 2 heterocycles. The number of carbonyl (C=O) groups excluding carboxylic acids is 3. The Hall–Kier alpha value is -5.12. The van der Waals surface area contributed by atoms with E-state index < -0.39 is 29.0 Å². The van der Waals surface area contributed by atoms with Crippen LogP contribution in [0.1, 0.15) is 31.8 Å². The zero-order chi connectivity index (χ0) is 26.8. The van der Waals surface area contributed by atoms with Gasteiger partial charge in [-0.1, -0.05) is 12.1 Å². The molecule has 8 nitrogen and oxygen atoms in total. The molecule has 1 aliphatic heterocycles. The first kappa shape index (κ1) is 24.6. The van der Waals surface area contributed by atoms with E-state index in [0.29, 0.717) is 22.6 Å². The number of nitrogens with zero attached hydrogens (tertiary/aromatic N) is 1. The number of pyridine rings is 1. The molecule has 10 heteroatoms. The second-order valence-electron chi connectivity index (χ2n) is 8.69. The Morgan fingerprint density at radius 2 is 1.63 bits per heavy atom. The number of halogens is 2. The van der Waals surface area contributed by atoms with Crippen LogP contribution >= 0.6 is 0 Å². The van der Waals surface area contributed by atoms with Crippen molar-refractivity contribution >= 4 is 34.8 Å². The summed E-state index contributed by atoms with van der Waals surface area (Å²) in [4.78, 5) is 50.1. The second kappa shape index (κ2) is 10.1. The zero-order valence-electron chi connectivity index (χ0n) is 19.8. The van der Waals surface area contributed by atoms with Gasteiger partial charge in [0.1, 0.15) is 5.56 Å². The van der Waals surface area contributed by atoms with Crippen molar-refractivity contribution in [3.05, 3.63) is 123 Å². The smallest absolute Gasteiger partial charge is 0.263 e. The number of anilines is 3. The molecule has 0 radical (unpaired) electrons. The summed E-state index contributed by atoms with van der Waals surface area (Å²) in [6.45, 7) is -0.0558. The number of hydrogen-bond acceptors (Lipinski definition) is 4. The summed E-state index contributed by atoms with van der Waals surface area (Å²) in [6, 6.07) is 17.5. The van der Waals surface area contributed by atoms with E-state index in [-0.39, 0.29) is 30.0 Å². The monoisotopic (exact) mass is 514 g/mol. The summed E-state index contributed by atoms with van der Waals surface area (Å²) in [5.74, 6) is -3.25. The Morgan fingerprint density at radius 1 is 0.842 bits per heavy atom. The number of fused-ring (bicyclic) bond motifs is 1. The summed E-state index contributed by atoms with van der Waals surface area (Å²) in [5, 5.41) is 8.11. The molecule has 3 N–H and O–H groups in total. The second-order valence-corrected chi connectivity index (χ2v) is 8.69. The molecule has 0 atom stereocenters. The number of nitrogens with one attached hydrogen (secondary N) is 3. The van der Waals surface area contributed by atoms with Gasteiger partial charge in [0.15, 0.2) is 11.6 Å². The number of benzene rings is 3. The van der Waals surface area contributed by atoms with Crippen molar-refractivity contribution in [3.63, 3.8) is 0 Å². The fourth-order valence-electron chi connectivity index (χ4n) is 4.12. The maximum absolute atomic E-state index is 13.5. The highest BCUT2D eigenvalue weighted by molar-refractivity contribution is 6.07. The van der Waals surface area contributed by atoms with Crippen molar-refractivity contribution in [1.29, 1.82) is 0 Å². The number of rotatable bonds is 6. The Bertz CT molecular complexity index is 1670. The van der Waals surface area contributed by atoms with Gasteiger partial charge in [-0.05, 0) is 71.8 Å². The van der Waals surface area contributed by atoms with Crippen molar-refractivity contribution in [1.82, 2.24) is 4.57 Å². The molecule has 0 saturated carbocycles. The van der Waals surface area contributed by atoms with Crippen molar-refractivity contribution in [2.24, 2.45) is 0 Å². The first-order chi connectivity index (χ1) is 18.3. The molecule has 190 valence electrons. The predicted molar refractivity (Wildman–Crippen MR) is 137 cm³/mol. The molecule has 3 aromatic carbocycles. The van der Waals surface area contributed by atoms with E-state index in [1.807, 2.05) is 0 Å².